The van der Waals surface area contributed by atoms with E-state index in [1.165, 1.54) is 11.8 Å². The van der Waals surface area contributed by atoms with Crippen LogP contribution < -0.4 is 10.9 Å². The van der Waals surface area contributed by atoms with Crippen LogP contribution in [0.25, 0.3) is 10.9 Å². The van der Waals surface area contributed by atoms with E-state index in [9.17, 15) is 14.4 Å². The number of aromatic nitrogens is 2. The second-order valence-corrected chi connectivity index (χ2v) is 8.01. The zero-order valence-electron chi connectivity index (χ0n) is 16.7. The highest BCUT2D eigenvalue weighted by Gasteiger charge is 2.23. The largest absolute Gasteiger partial charge is 0.466 e. The van der Waals surface area contributed by atoms with Crippen molar-refractivity contribution < 1.29 is 14.3 Å². The third-order valence-electron chi connectivity index (χ3n) is 4.98. The topological polar surface area (TPSA) is 90.3 Å². The fourth-order valence-corrected chi connectivity index (χ4v) is 4.48. The summed E-state index contributed by atoms with van der Waals surface area (Å²) in [7, 11) is 0. The molecule has 0 unspecified atom stereocenters. The molecule has 1 N–H and O–H groups in total. The van der Waals surface area contributed by atoms with E-state index in [2.05, 4.69) is 10.3 Å². The van der Waals surface area contributed by atoms with E-state index in [0.29, 0.717) is 35.6 Å². The minimum absolute atomic E-state index is 0.0279. The standard InChI is InChI=1S/C21H27N3O4S/c1-2-28-19(26)12-7-13-22-18(25)14-29-21-23-17-11-6-5-10-16(17)20(27)24(21)15-8-3-4-9-15/h5-6,10-11,15H,2-4,7-9,12-14H2,1H3,(H,22,25). The summed E-state index contributed by atoms with van der Waals surface area (Å²) in [4.78, 5) is 41.3. The molecule has 1 aliphatic rings. The van der Waals surface area contributed by atoms with E-state index in [1.807, 2.05) is 18.2 Å². The first-order valence-electron chi connectivity index (χ1n) is 10.2. The minimum atomic E-state index is -0.253. The minimum Gasteiger partial charge on any atom is -0.466 e. The molecule has 0 bridgehead atoms. The van der Waals surface area contributed by atoms with Crippen molar-refractivity contribution in [3.63, 3.8) is 0 Å². The van der Waals surface area contributed by atoms with Crippen molar-refractivity contribution in [2.24, 2.45) is 0 Å². The van der Waals surface area contributed by atoms with Crippen molar-refractivity contribution in [2.75, 3.05) is 18.9 Å². The van der Waals surface area contributed by atoms with Gasteiger partial charge in [-0.05, 0) is 38.3 Å². The molecule has 1 aromatic carbocycles. The summed E-state index contributed by atoms with van der Waals surface area (Å²) in [6.07, 6.45) is 4.97. The second-order valence-electron chi connectivity index (χ2n) is 7.07. The van der Waals surface area contributed by atoms with Crippen LogP contribution in [0.3, 0.4) is 0 Å². The first-order valence-corrected chi connectivity index (χ1v) is 11.1. The molecule has 1 fully saturated rings. The molecule has 2 aromatic rings. The van der Waals surface area contributed by atoms with Crippen LogP contribution >= 0.6 is 11.8 Å². The summed E-state index contributed by atoms with van der Waals surface area (Å²) in [5.41, 5.74) is 0.629. The van der Waals surface area contributed by atoms with Gasteiger partial charge in [0.25, 0.3) is 5.56 Å². The van der Waals surface area contributed by atoms with Gasteiger partial charge >= 0.3 is 5.97 Å². The van der Waals surface area contributed by atoms with Gasteiger partial charge in [0, 0.05) is 19.0 Å². The smallest absolute Gasteiger partial charge is 0.305 e. The van der Waals surface area contributed by atoms with Crippen LogP contribution in [0.2, 0.25) is 0 Å². The molecule has 0 spiro atoms. The number of ether oxygens (including phenoxy) is 1. The molecule has 1 saturated carbocycles. The number of nitrogens with zero attached hydrogens (tertiary/aromatic N) is 2. The summed E-state index contributed by atoms with van der Waals surface area (Å²) in [5, 5.41) is 4.03. The van der Waals surface area contributed by atoms with Crippen LogP contribution in [-0.4, -0.2) is 40.3 Å². The summed E-state index contributed by atoms with van der Waals surface area (Å²) in [6.45, 7) is 2.55. The van der Waals surface area contributed by atoms with Gasteiger partial charge in [-0.3, -0.25) is 19.0 Å². The number of nitrogens with one attached hydrogen (secondary N) is 1. The average molecular weight is 418 g/mol. The van der Waals surface area contributed by atoms with Crippen molar-refractivity contribution in [3.8, 4) is 0 Å². The maximum atomic E-state index is 13.1. The molecule has 1 aliphatic carbocycles. The molecule has 0 aliphatic heterocycles. The van der Waals surface area contributed by atoms with Gasteiger partial charge in [-0.1, -0.05) is 36.7 Å². The number of benzene rings is 1. The number of hydrogen-bond donors (Lipinski definition) is 1. The van der Waals surface area contributed by atoms with Crippen molar-refractivity contribution in [1.82, 2.24) is 14.9 Å². The van der Waals surface area contributed by atoms with E-state index in [0.717, 1.165) is 25.7 Å². The number of rotatable bonds is 9. The van der Waals surface area contributed by atoms with E-state index < -0.39 is 0 Å². The molecule has 29 heavy (non-hydrogen) atoms. The van der Waals surface area contributed by atoms with Gasteiger partial charge in [-0.15, -0.1) is 0 Å². The summed E-state index contributed by atoms with van der Waals surface area (Å²) < 4.78 is 6.65. The normalized spacial score (nSPS) is 14.2. The Bertz CT molecular complexity index is 922. The van der Waals surface area contributed by atoms with Gasteiger partial charge in [0.15, 0.2) is 5.16 Å². The Kier molecular flexibility index (Phi) is 7.69. The molecule has 7 nitrogen and oxygen atoms in total. The van der Waals surface area contributed by atoms with Crippen molar-refractivity contribution >= 4 is 34.5 Å². The van der Waals surface area contributed by atoms with Crippen LogP contribution in [0.4, 0.5) is 0 Å². The molecular weight excluding hydrogens is 390 g/mol. The Balaban J connectivity index is 1.64. The van der Waals surface area contributed by atoms with E-state index in [-0.39, 0.29) is 35.7 Å². The summed E-state index contributed by atoms with van der Waals surface area (Å²) >= 11 is 1.29. The van der Waals surface area contributed by atoms with Crippen LogP contribution in [-0.2, 0) is 14.3 Å². The highest BCUT2D eigenvalue weighted by molar-refractivity contribution is 7.99. The SMILES string of the molecule is CCOC(=O)CCCNC(=O)CSc1nc2ccccc2c(=O)n1C1CCCC1. The van der Waals surface area contributed by atoms with E-state index >= 15 is 0 Å². The molecule has 156 valence electrons. The first kappa shape index (κ1) is 21.4. The lowest BCUT2D eigenvalue weighted by atomic mass is 10.2. The Labute approximate surface area is 174 Å². The summed E-state index contributed by atoms with van der Waals surface area (Å²) in [5.74, 6) is -0.215. The second kappa shape index (κ2) is 10.4. The van der Waals surface area contributed by atoms with Crippen LogP contribution in [0.15, 0.2) is 34.2 Å². The third-order valence-corrected chi connectivity index (χ3v) is 5.94. The zero-order chi connectivity index (χ0) is 20.6. The lowest BCUT2D eigenvalue weighted by Crippen LogP contribution is -2.29. The Morgan fingerprint density at radius 3 is 2.79 bits per heavy atom. The number of hydrogen-bond acceptors (Lipinski definition) is 6. The molecule has 1 heterocycles. The van der Waals surface area contributed by atoms with Gasteiger partial charge in [-0.2, -0.15) is 0 Å². The molecular formula is C21H27N3O4S. The van der Waals surface area contributed by atoms with Crippen LogP contribution in [0.5, 0.6) is 0 Å². The average Bonchev–Trinajstić information content (AvgIpc) is 3.24. The van der Waals surface area contributed by atoms with E-state index in [1.54, 1.807) is 17.6 Å². The first-order chi connectivity index (χ1) is 14.1. The quantitative estimate of drug-likeness (QED) is 0.292. The molecule has 1 amide bonds. The van der Waals surface area contributed by atoms with Crippen LogP contribution in [0.1, 0.15) is 51.5 Å². The fourth-order valence-electron chi connectivity index (χ4n) is 3.59. The lowest BCUT2D eigenvalue weighted by Gasteiger charge is -2.18. The Hall–Kier alpha value is -2.35. The predicted molar refractivity (Wildman–Crippen MR) is 113 cm³/mol. The summed E-state index contributed by atoms with van der Waals surface area (Å²) in [6, 6.07) is 7.49. The number of thioether (sulfide) groups is 1. The number of carbonyl (C=O) groups excluding carboxylic acids is 2. The number of amides is 1. The molecule has 1 aromatic heterocycles. The molecule has 0 radical (unpaired) electrons. The highest BCUT2D eigenvalue weighted by Crippen LogP contribution is 2.32. The van der Waals surface area contributed by atoms with Gasteiger partial charge < -0.3 is 10.1 Å². The molecule has 0 saturated heterocycles. The van der Waals surface area contributed by atoms with Crippen molar-refractivity contribution in [1.29, 1.82) is 0 Å². The van der Waals surface area contributed by atoms with E-state index in [4.69, 9.17) is 4.74 Å². The Morgan fingerprint density at radius 2 is 2.03 bits per heavy atom. The molecule has 8 heteroatoms. The lowest BCUT2D eigenvalue weighted by molar-refractivity contribution is -0.143. The molecule has 0 atom stereocenters. The predicted octanol–water partition coefficient (Wildman–Crippen LogP) is 3.06. The number of fused-ring (bicyclic) bond motifs is 1. The van der Waals surface area contributed by atoms with Gasteiger partial charge in [0.1, 0.15) is 0 Å². The van der Waals surface area contributed by atoms with Gasteiger partial charge in [-0.25, -0.2) is 4.98 Å². The highest BCUT2D eigenvalue weighted by atomic mass is 32.2. The third kappa shape index (κ3) is 5.59. The van der Waals surface area contributed by atoms with Gasteiger partial charge in [0.05, 0.1) is 23.3 Å². The zero-order valence-corrected chi connectivity index (χ0v) is 17.5. The maximum Gasteiger partial charge on any atom is 0.305 e. The monoisotopic (exact) mass is 417 g/mol. The fraction of sp³-hybridized carbons (Fsp3) is 0.524. The van der Waals surface area contributed by atoms with Crippen molar-refractivity contribution in [2.45, 2.75) is 56.6 Å². The molecule has 3 rings (SSSR count). The van der Waals surface area contributed by atoms with Gasteiger partial charge in [0.2, 0.25) is 5.91 Å². The number of carbonyl (C=O) groups is 2. The number of esters is 1. The Morgan fingerprint density at radius 1 is 1.28 bits per heavy atom. The van der Waals surface area contributed by atoms with Crippen molar-refractivity contribution in [3.05, 3.63) is 34.6 Å². The number of para-hydroxylation sites is 1. The van der Waals surface area contributed by atoms with Crippen LogP contribution in [0, 0.1) is 0 Å². The maximum absolute atomic E-state index is 13.1.